The van der Waals surface area contributed by atoms with E-state index in [2.05, 4.69) is 42.6 Å². The van der Waals surface area contributed by atoms with Crippen LogP contribution in [-0.4, -0.2) is 20.8 Å². The molecule has 3 rings (SSSR count). The topological polar surface area (TPSA) is 30.5 Å². The molecule has 0 fully saturated rings. The van der Waals surface area contributed by atoms with E-state index in [1.165, 1.54) is 16.7 Å². The van der Waals surface area contributed by atoms with E-state index < -0.39 is 0 Å². The second-order valence-corrected chi connectivity index (χ2v) is 5.50. The van der Waals surface area contributed by atoms with Gasteiger partial charge in [-0.25, -0.2) is 0 Å². The van der Waals surface area contributed by atoms with Gasteiger partial charge in [0.1, 0.15) is 0 Å². The molecule has 2 aromatic carbocycles. The molecule has 0 aromatic heterocycles. The third-order valence-electron chi connectivity index (χ3n) is 4.36. The zero-order valence-electron chi connectivity index (χ0n) is 12.8. The van der Waals surface area contributed by atoms with Crippen LogP contribution in [0.2, 0.25) is 0 Å². The van der Waals surface area contributed by atoms with Gasteiger partial charge >= 0.3 is 0 Å². The van der Waals surface area contributed by atoms with E-state index in [0.29, 0.717) is 0 Å². The standard InChI is InChI=1S/C18H21NO2/c1-18(14-7-5-4-6-8-14)16-13(11-12-19-18)9-10-15(20-2)17(16)21-3/h4-10,19H,11-12H2,1-3H3. The molecule has 0 spiro atoms. The Bertz CT molecular complexity index is 639. The number of rotatable bonds is 3. The fourth-order valence-electron chi connectivity index (χ4n) is 3.28. The first-order valence-electron chi connectivity index (χ1n) is 7.25. The molecule has 3 heteroatoms. The van der Waals surface area contributed by atoms with Crippen molar-refractivity contribution in [2.24, 2.45) is 0 Å². The molecule has 3 nitrogen and oxygen atoms in total. The largest absolute Gasteiger partial charge is 0.493 e. The third kappa shape index (κ3) is 2.18. The maximum atomic E-state index is 5.69. The van der Waals surface area contributed by atoms with Gasteiger partial charge < -0.3 is 14.8 Å². The van der Waals surface area contributed by atoms with Gasteiger partial charge in [-0.15, -0.1) is 0 Å². The summed E-state index contributed by atoms with van der Waals surface area (Å²) in [4.78, 5) is 0. The predicted octanol–water partition coefficient (Wildman–Crippen LogP) is 3.11. The van der Waals surface area contributed by atoms with Crippen molar-refractivity contribution in [1.29, 1.82) is 0 Å². The number of benzene rings is 2. The first-order valence-corrected chi connectivity index (χ1v) is 7.25. The first kappa shape index (κ1) is 14.0. The Kier molecular flexibility index (Phi) is 3.60. The summed E-state index contributed by atoms with van der Waals surface area (Å²) in [6, 6.07) is 14.6. The molecule has 1 heterocycles. The summed E-state index contributed by atoms with van der Waals surface area (Å²) in [5, 5.41) is 3.66. The molecule has 0 bridgehead atoms. The highest BCUT2D eigenvalue weighted by Crippen LogP contribution is 2.44. The minimum Gasteiger partial charge on any atom is -0.493 e. The molecule has 1 N–H and O–H groups in total. The van der Waals surface area contributed by atoms with Crippen molar-refractivity contribution in [3.05, 3.63) is 59.2 Å². The van der Waals surface area contributed by atoms with Crippen LogP contribution in [0.15, 0.2) is 42.5 Å². The van der Waals surface area contributed by atoms with Crippen LogP contribution in [0.5, 0.6) is 11.5 Å². The highest BCUT2D eigenvalue weighted by Gasteiger charge is 2.37. The lowest BCUT2D eigenvalue weighted by Crippen LogP contribution is -2.46. The molecule has 1 atom stereocenters. The van der Waals surface area contributed by atoms with E-state index in [1.54, 1.807) is 14.2 Å². The molecule has 0 saturated heterocycles. The highest BCUT2D eigenvalue weighted by atomic mass is 16.5. The Morgan fingerprint density at radius 1 is 1.00 bits per heavy atom. The molecule has 110 valence electrons. The fraction of sp³-hybridized carbons (Fsp3) is 0.333. The lowest BCUT2D eigenvalue weighted by Gasteiger charge is -2.39. The van der Waals surface area contributed by atoms with Gasteiger partial charge in [0.05, 0.1) is 19.8 Å². The number of nitrogens with one attached hydrogen (secondary N) is 1. The average Bonchev–Trinajstić information content (AvgIpc) is 2.55. The number of ether oxygens (including phenoxy) is 2. The molecular formula is C18H21NO2. The van der Waals surface area contributed by atoms with Gasteiger partial charge in [0.15, 0.2) is 11.5 Å². The van der Waals surface area contributed by atoms with Crippen LogP contribution in [0, 0.1) is 0 Å². The van der Waals surface area contributed by atoms with Gasteiger partial charge in [-0.2, -0.15) is 0 Å². The second-order valence-electron chi connectivity index (χ2n) is 5.50. The van der Waals surface area contributed by atoms with E-state index in [1.807, 2.05) is 12.1 Å². The lowest BCUT2D eigenvalue weighted by atomic mass is 9.78. The van der Waals surface area contributed by atoms with Crippen molar-refractivity contribution in [1.82, 2.24) is 5.32 Å². The van der Waals surface area contributed by atoms with Crippen molar-refractivity contribution < 1.29 is 9.47 Å². The third-order valence-corrected chi connectivity index (χ3v) is 4.36. The van der Waals surface area contributed by atoms with Crippen LogP contribution in [0.25, 0.3) is 0 Å². The van der Waals surface area contributed by atoms with Crippen molar-refractivity contribution in [3.8, 4) is 11.5 Å². The summed E-state index contributed by atoms with van der Waals surface area (Å²) < 4.78 is 11.2. The summed E-state index contributed by atoms with van der Waals surface area (Å²) in [7, 11) is 3.39. The van der Waals surface area contributed by atoms with E-state index in [4.69, 9.17) is 9.47 Å². The van der Waals surface area contributed by atoms with E-state index in [9.17, 15) is 0 Å². The minimum atomic E-state index is -0.269. The predicted molar refractivity (Wildman–Crippen MR) is 84.1 cm³/mol. The molecule has 21 heavy (non-hydrogen) atoms. The second kappa shape index (κ2) is 5.41. The monoisotopic (exact) mass is 283 g/mol. The molecule has 0 saturated carbocycles. The minimum absolute atomic E-state index is 0.269. The zero-order valence-corrected chi connectivity index (χ0v) is 12.8. The Balaban J connectivity index is 2.25. The van der Waals surface area contributed by atoms with Crippen molar-refractivity contribution >= 4 is 0 Å². The summed E-state index contributed by atoms with van der Waals surface area (Å²) in [5.74, 6) is 1.61. The molecule has 2 aromatic rings. The quantitative estimate of drug-likeness (QED) is 0.939. The molecule has 0 amide bonds. The van der Waals surface area contributed by atoms with E-state index in [-0.39, 0.29) is 5.54 Å². The molecule has 1 aliphatic rings. The summed E-state index contributed by atoms with van der Waals surface area (Å²) >= 11 is 0. The number of fused-ring (bicyclic) bond motifs is 1. The summed E-state index contributed by atoms with van der Waals surface area (Å²) in [5.41, 5.74) is 3.46. The SMILES string of the molecule is COc1ccc2c(c1OC)C(C)(c1ccccc1)NCC2. The zero-order chi connectivity index (χ0) is 14.9. The van der Waals surface area contributed by atoms with E-state index >= 15 is 0 Å². The first-order chi connectivity index (χ1) is 10.2. The van der Waals surface area contributed by atoms with Gasteiger partial charge in [0, 0.05) is 12.1 Å². The van der Waals surface area contributed by atoms with Crippen LogP contribution in [0.4, 0.5) is 0 Å². The highest BCUT2D eigenvalue weighted by molar-refractivity contribution is 5.58. The van der Waals surface area contributed by atoms with Gasteiger partial charge in [-0.1, -0.05) is 36.4 Å². The average molecular weight is 283 g/mol. The maximum absolute atomic E-state index is 5.69. The molecular weight excluding hydrogens is 262 g/mol. The van der Waals surface area contributed by atoms with Gasteiger partial charge in [-0.05, 0) is 30.5 Å². The van der Waals surface area contributed by atoms with Crippen LogP contribution < -0.4 is 14.8 Å². The Hall–Kier alpha value is -2.00. The van der Waals surface area contributed by atoms with Crippen LogP contribution in [0.3, 0.4) is 0 Å². The Morgan fingerprint density at radius 2 is 1.76 bits per heavy atom. The molecule has 1 unspecified atom stereocenters. The number of hydrogen-bond acceptors (Lipinski definition) is 3. The molecule has 1 aliphatic heterocycles. The summed E-state index contributed by atoms with van der Waals surface area (Å²) in [6.07, 6.45) is 0.998. The number of hydrogen-bond donors (Lipinski definition) is 1. The summed E-state index contributed by atoms with van der Waals surface area (Å²) in [6.45, 7) is 3.16. The van der Waals surface area contributed by atoms with Crippen LogP contribution in [0.1, 0.15) is 23.6 Å². The Labute approximate surface area is 125 Å². The van der Waals surface area contributed by atoms with Gasteiger partial charge in [0.25, 0.3) is 0 Å². The fourth-order valence-corrected chi connectivity index (χ4v) is 3.28. The normalized spacial score (nSPS) is 20.7. The molecule has 0 aliphatic carbocycles. The van der Waals surface area contributed by atoms with Crippen molar-refractivity contribution in [2.75, 3.05) is 20.8 Å². The lowest BCUT2D eigenvalue weighted by molar-refractivity contribution is 0.329. The van der Waals surface area contributed by atoms with Gasteiger partial charge in [-0.3, -0.25) is 0 Å². The maximum Gasteiger partial charge on any atom is 0.166 e. The molecule has 0 radical (unpaired) electrons. The van der Waals surface area contributed by atoms with E-state index in [0.717, 1.165) is 24.5 Å². The smallest absolute Gasteiger partial charge is 0.166 e. The van der Waals surface area contributed by atoms with Crippen molar-refractivity contribution in [3.63, 3.8) is 0 Å². The van der Waals surface area contributed by atoms with Gasteiger partial charge in [0.2, 0.25) is 0 Å². The number of methoxy groups -OCH3 is 2. The Morgan fingerprint density at radius 3 is 2.43 bits per heavy atom. The van der Waals surface area contributed by atoms with Crippen LogP contribution >= 0.6 is 0 Å². The van der Waals surface area contributed by atoms with Crippen molar-refractivity contribution in [2.45, 2.75) is 18.9 Å². The van der Waals surface area contributed by atoms with Crippen LogP contribution in [-0.2, 0) is 12.0 Å².